The molecule has 0 spiro atoms. The highest BCUT2D eigenvalue weighted by atomic mass is 19.1. The smallest absolute Gasteiger partial charge is 0.223 e. The molecule has 0 saturated carbocycles. The van der Waals surface area contributed by atoms with E-state index in [9.17, 15) is 9.18 Å². The average molecular weight is 397 g/mol. The van der Waals surface area contributed by atoms with Crippen LogP contribution in [-0.2, 0) is 4.79 Å². The van der Waals surface area contributed by atoms with Gasteiger partial charge in [0, 0.05) is 76.7 Å². The van der Waals surface area contributed by atoms with E-state index in [0.29, 0.717) is 6.42 Å². The Labute approximate surface area is 172 Å². The summed E-state index contributed by atoms with van der Waals surface area (Å²) in [6, 6.07) is 17.1. The molecule has 2 aliphatic rings. The zero-order valence-corrected chi connectivity index (χ0v) is 16.8. The SMILES string of the molecule is O=C(CCN1CCN(c2ccccc2)CC1)N1CCN(c2ccc(F)cc2)CC1. The van der Waals surface area contributed by atoms with Crippen LogP contribution >= 0.6 is 0 Å². The minimum absolute atomic E-state index is 0.216. The van der Waals surface area contributed by atoms with Crippen LogP contribution in [0.2, 0.25) is 0 Å². The highest BCUT2D eigenvalue weighted by molar-refractivity contribution is 5.76. The highest BCUT2D eigenvalue weighted by Gasteiger charge is 2.23. The van der Waals surface area contributed by atoms with Crippen molar-refractivity contribution < 1.29 is 9.18 Å². The fourth-order valence-corrected chi connectivity index (χ4v) is 4.15. The Bertz CT molecular complexity index is 782. The number of nitrogens with zero attached hydrogens (tertiary/aromatic N) is 4. The molecule has 6 heteroatoms. The molecule has 2 saturated heterocycles. The predicted octanol–water partition coefficient (Wildman–Crippen LogP) is 2.69. The summed E-state index contributed by atoms with van der Waals surface area (Å²) in [4.78, 5) is 21.6. The first-order valence-corrected chi connectivity index (χ1v) is 10.5. The van der Waals surface area contributed by atoms with Crippen LogP contribution in [0.15, 0.2) is 54.6 Å². The first-order valence-electron chi connectivity index (χ1n) is 10.5. The number of rotatable bonds is 5. The van der Waals surface area contributed by atoms with Crippen LogP contribution < -0.4 is 9.80 Å². The predicted molar refractivity (Wildman–Crippen MR) is 115 cm³/mol. The van der Waals surface area contributed by atoms with Crippen LogP contribution in [0.1, 0.15) is 6.42 Å². The van der Waals surface area contributed by atoms with E-state index in [1.54, 1.807) is 0 Å². The van der Waals surface area contributed by atoms with Gasteiger partial charge in [-0.2, -0.15) is 0 Å². The van der Waals surface area contributed by atoms with E-state index >= 15 is 0 Å². The Hall–Kier alpha value is -2.60. The lowest BCUT2D eigenvalue weighted by atomic mass is 10.2. The molecule has 2 heterocycles. The van der Waals surface area contributed by atoms with Gasteiger partial charge in [0.15, 0.2) is 0 Å². The molecule has 0 N–H and O–H groups in total. The first kappa shape index (κ1) is 19.7. The minimum Gasteiger partial charge on any atom is -0.369 e. The molecule has 1 amide bonds. The third kappa shape index (κ3) is 5.07. The number of hydrogen-bond acceptors (Lipinski definition) is 4. The van der Waals surface area contributed by atoms with Gasteiger partial charge in [0.2, 0.25) is 5.91 Å². The Morgan fingerprint density at radius 3 is 1.90 bits per heavy atom. The lowest BCUT2D eigenvalue weighted by molar-refractivity contribution is -0.131. The molecule has 4 rings (SSSR count). The number of para-hydroxylation sites is 1. The molecule has 0 radical (unpaired) electrons. The Kier molecular flexibility index (Phi) is 6.30. The van der Waals surface area contributed by atoms with Gasteiger partial charge in [-0.3, -0.25) is 9.69 Å². The quantitative estimate of drug-likeness (QED) is 0.777. The zero-order chi connectivity index (χ0) is 20.1. The monoisotopic (exact) mass is 396 g/mol. The van der Waals surface area contributed by atoms with Gasteiger partial charge < -0.3 is 14.7 Å². The Morgan fingerprint density at radius 1 is 0.724 bits per heavy atom. The molecule has 154 valence electrons. The first-order chi connectivity index (χ1) is 14.2. The molecule has 0 atom stereocenters. The molecular formula is C23H29FN4O. The van der Waals surface area contributed by atoms with Gasteiger partial charge in [0.1, 0.15) is 5.82 Å². The van der Waals surface area contributed by atoms with Gasteiger partial charge in [0.05, 0.1) is 0 Å². The summed E-state index contributed by atoms with van der Waals surface area (Å²) in [5.41, 5.74) is 2.30. The molecule has 2 aromatic carbocycles. The summed E-state index contributed by atoms with van der Waals surface area (Å²) in [5.74, 6) is 0.0291. The number of halogens is 1. The van der Waals surface area contributed by atoms with Crippen LogP contribution in [0.4, 0.5) is 15.8 Å². The Balaban J connectivity index is 1.18. The maximum absolute atomic E-state index is 13.1. The number of piperazine rings is 2. The van der Waals surface area contributed by atoms with E-state index in [4.69, 9.17) is 0 Å². The summed E-state index contributed by atoms with van der Waals surface area (Å²) < 4.78 is 13.1. The summed E-state index contributed by atoms with van der Waals surface area (Å²) in [5, 5.41) is 0. The van der Waals surface area contributed by atoms with Crippen molar-refractivity contribution in [3.05, 3.63) is 60.4 Å². The third-order valence-corrected chi connectivity index (χ3v) is 5.96. The van der Waals surface area contributed by atoms with Crippen LogP contribution in [-0.4, -0.2) is 74.6 Å². The highest BCUT2D eigenvalue weighted by Crippen LogP contribution is 2.18. The van der Waals surface area contributed by atoms with Gasteiger partial charge in [-0.05, 0) is 36.4 Å². The van der Waals surface area contributed by atoms with E-state index in [-0.39, 0.29) is 11.7 Å². The molecular weight excluding hydrogens is 367 g/mol. The maximum atomic E-state index is 13.1. The minimum atomic E-state index is -0.216. The van der Waals surface area contributed by atoms with Gasteiger partial charge in [0.25, 0.3) is 0 Å². The lowest BCUT2D eigenvalue weighted by Crippen LogP contribution is -2.50. The molecule has 0 aliphatic carbocycles. The second kappa shape index (κ2) is 9.27. The van der Waals surface area contributed by atoms with Gasteiger partial charge in [-0.1, -0.05) is 18.2 Å². The standard InChI is InChI=1S/C23H29FN4O/c24-20-6-8-22(9-7-20)27-16-18-28(19-17-27)23(29)10-11-25-12-14-26(15-13-25)21-4-2-1-3-5-21/h1-9H,10-19H2. The fraction of sp³-hybridized carbons (Fsp3) is 0.435. The third-order valence-electron chi connectivity index (χ3n) is 5.96. The summed E-state index contributed by atoms with van der Waals surface area (Å²) >= 11 is 0. The lowest BCUT2D eigenvalue weighted by Gasteiger charge is -2.38. The van der Waals surface area contributed by atoms with Crippen molar-refractivity contribution >= 4 is 17.3 Å². The number of hydrogen-bond donors (Lipinski definition) is 0. The van der Waals surface area contributed by atoms with Crippen LogP contribution in [0.5, 0.6) is 0 Å². The molecule has 2 aliphatic heterocycles. The number of carbonyl (C=O) groups is 1. The van der Waals surface area contributed by atoms with Crippen molar-refractivity contribution in [2.45, 2.75) is 6.42 Å². The van der Waals surface area contributed by atoms with Crippen LogP contribution in [0.3, 0.4) is 0 Å². The molecule has 29 heavy (non-hydrogen) atoms. The average Bonchev–Trinajstić information content (AvgIpc) is 2.79. The number of carbonyl (C=O) groups excluding carboxylic acids is 1. The van der Waals surface area contributed by atoms with E-state index in [1.165, 1.54) is 17.8 Å². The van der Waals surface area contributed by atoms with Crippen molar-refractivity contribution in [3.8, 4) is 0 Å². The van der Waals surface area contributed by atoms with Crippen molar-refractivity contribution in [3.63, 3.8) is 0 Å². The van der Waals surface area contributed by atoms with Crippen LogP contribution in [0, 0.1) is 5.82 Å². The van der Waals surface area contributed by atoms with E-state index in [0.717, 1.165) is 64.6 Å². The van der Waals surface area contributed by atoms with Crippen molar-refractivity contribution in [1.29, 1.82) is 0 Å². The fourth-order valence-electron chi connectivity index (χ4n) is 4.15. The topological polar surface area (TPSA) is 30.0 Å². The van der Waals surface area contributed by atoms with E-state index in [1.807, 2.05) is 23.1 Å². The van der Waals surface area contributed by atoms with Crippen LogP contribution in [0.25, 0.3) is 0 Å². The second-order valence-corrected chi connectivity index (χ2v) is 7.76. The summed E-state index contributed by atoms with van der Waals surface area (Å²) in [7, 11) is 0. The molecule has 0 aromatic heterocycles. The largest absolute Gasteiger partial charge is 0.369 e. The zero-order valence-electron chi connectivity index (χ0n) is 16.8. The summed E-state index contributed by atoms with van der Waals surface area (Å²) in [6.07, 6.45) is 0.585. The molecule has 2 aromatic rings. The number of benzene rings is 2. The number of anilines is 2. The second-order valence-electron chi connectivity index (χ2n) is 7.76. The van der Waals surface area contributed by atoms with Crippen molar-refractivity contribution in [1.82, 2.24) is 9.80 Å². The van der Waals surface area contributed by atoms with Gasteiger partial charge in [-0.15, -0.1) is 0 Å². The van der Waals surface area contributed by atoms with Gasteiger partial charge in [-0.25, -0.2) is 4.39 Å². The van der Waals surface area contributed by atoms with Crippen molar-refractivity contribution in [2.24, 2.45) is 0 Å². The Morgan fingerprint density at radius 2 is 1.28 bits per heavy atom. The van der Waals surface area contributed by atoms with E-state index < -0.39 is 0 Å². The normalized spacial score (nSPS) is 18.2. The molecule has 2 fully saturated rings. The van der Waals surface area contributed by atoms with Crippen molar-refractivity contribution in [2.75, 3.05) is 68.7 Å². The van der Waals surface area contributed by atoms with Gasteiger partial charge >= 0.3 is 0 Å². The molecule has 5 nitrogen and oxygen atoms in total. The number of amides is 1. The summed E-state index contributed by atoms with van der Waals surface area (Å²) in [6.45, 7) is 7.92. The molecule has 0 unspecified atom stereocenters. The molecule has 0 bridgehead atoms. The van der Waals surface area contributed by atoms with E-state index in [2.05, 4.69) is 39.0 Å². The maximum Gasteiger partial charge on any atom is 0.223 e.